The van der Waals surface area contributed by atoms with Crippen LogP contribution in [0.25, 0.3) is 0 Å². The van der Waals surface area contributed by atoms with E-state index in [0.717, 1.165) is 12.8 Å². The number of aliphatic carboxylic acids is 1. The molecule has 76 valence electrons. The van der Waals surface area contributed by atoms with Crippen molar-refractivity contribution < 1.29 is 14.7 Å². The number of unbranched alkanes of at least 4 members (excludes halogenated alkanes) is 1. The minimum atomic E-state index is -1.24. The first-order valence-electron chi connectivity index (χ1n) is 4.73. The molecule has 1 unspecified atom stereocenters. The van der Waals surface area contributed by atoms with Crippen molar-refractivity contribution in [1.29, 1.82) is 0 Å². The first-order valence-corrected chi connectivity index (χ1v) is 4.73. The molecular weight excluding hydrogens is 168 g/mol. The molecule has 13 heavy (non-hydrogen) atoms. The number of carbonyl (C=O) groups is 2. The fraction of sp³-hybridized carbons (Fsp3) is 0.800. The van der Waals surface area contributed by atoms with Gasteiger partial charge in [0.15, 0.2) is 0 Å². The highest BCUT2D eigenvalue weighted by Crippen LogP contribution is 2.29. The third kappa shape index (κ3) is 2.54. The van der Waals surface area contributed by atoms with Gasteiger partial charge in [0.1, 0.15) is 5.78 Å². The molecule has 0 aromatic carbocycles. The highest BCUT2D eigenvalue weighted by atomic mass is 16.4. The molecule has 0 aromatic rings. The molecule has 0 radical (unpaired) electrons. The molecule has 0 saturated carbocycles. The van der Waals surface area contributed by atoms with Crippen LogP contribution < -0.4 is 5.11 Å². The van der Waals surface area contributed by atoms with E-state index in [1.807, 2.05) is 6.92 Å². The zero-order chi connectivity index (χ0) is 10.5. The maximum Gasteiger partial charge on any atom is 0.141 e. The lowest BCUT2D eigenvalue weighted by Crippen LogP contribution is -2.46. The summed E-state index contributed by atoms with van der Waals surface area (Å²) in [6, 6.07) is 0. The van der Waals surface area contributed by atoms with Crippen LogP contribution in [0.3, 0.4) is 0 Å². The fourth-order valence-electron chi connectivity index (χ4n) is 1.47. The van der Waals surface area contributed by atoms with Crippen LogP contribution in [0.15, 0.2) is 0 Å². The van der Waals surface area contributed by atoms with Crippen LogP contribution in [0.1, 0.15) is 46.5 Å². The standard InChI is InChI=1S/C10H18O3/c1-4-6-7-10(5-2,8(3)11)9(12)13/h4-7H2,1-3H3,(H,12,13)/p-1. The van der Waals surface area contributed by atoms with Crippen LogP contribution in [0.5, 0.6) is 0 Å². The number of hydrogen-bond acceptors (Lipinski definition) is 3. The summed E-state index contributed by atoms with van der Waals surface area (Å²) in [5.74, 6) is -1.51. The van der Waals surface area contributed by atoms with Crippen molar-refractivity contribution in [3.8, 4) is 0 Å². The number of ketones is 1. The van der Waals surface area contributed by atoms with E-state index < -0.39 is 11.4 Å². The Morgan fingerprint density at radius 3 is 2.08 bits per heavy atom. The molecule has 0 fully saturated rings. The molecular formula is C10H17O3-. The van der Waals surface area contributed by atoms with Crippen LogP contribution >= 0.6 is 0 Å². The molecule has 3 heteroatoms. The van der Waals surface area contributed by atoms with Crippen molar-refractivity contribution in [2.75, 3.05) is 0 Å². The third-order valence-corrected chi connectivity index (χ3v) is 2.63. The van der Waals surface area contributed by atoms with Crippen LogP contribution in [0.2, 0.25) is 0 Å². The average molecular weight is 185 g/mol. The monoisotopic (exact) mass is 185 g/mol. The van der Waals surface area contributed by atoms with E-state index in [1.165, 1.54) is 6.92 Å². The van der Waals surface area contributed by atoms with Crippen LogP contribution in [0, 0.1) is 5.41 Å². The fourth-order valence-corrected chi connectivity index (χ4v) is 1.47. The second-order valence-electron chi connectivity index (χ2n) is 3.38. The van der Waals surface area contributed by atoms with Crippen molar-refractivity contribution in [2.45, 2.75) is 46.5 Å². The second-order valence-corrected chi connectivity index (χ2v) is 3.38. The lowest BCUT2D eigenvalue weighted by atomic mass is 9.77. The van der Waals surface area contributed by atoms with E-state index in [1.54, 1.807) is 6.92 Å². The summed E-state index contributed by atoms with van der Waals surface area (Å²) < 4.78 is 0. The quantitative estimate of drug-likeness (QED) is 0.578. The van der Waals surface area contributed by atoms with Gasteiger partial charge in [-0.2, -0.15) is 0 Å². The molecule has 0 aliphatic heterocycles. The highest BCUT2D eigenvalue weighted by Gasteiger charge is 2.34. The largest absolute Gasteiger partial charge is 0.549 e. The normalized spacial score (nSPS) is 15.0. The summed E-state index contributed by atoms with van der Waals surface area (Å²) in [6.07, 6.45) is 2.37. The molecule has 0 aliphatic rings. The first-order chi connectivity index (χ1) is 6.01. The topological polar surface area (TPSA) is 57.2 Å². The molecule has 0 saturated heterocycles. The molecule has 0 aliphatic carbocycles. The Balaban J connectivity index is 4.66. The lowest BCUT2D eigenvalue weighted by molar-refractivity contribution is -0.317. The summed E-state index contributed by atoms with van der Waals surface area (Å²) in [5.41, 5.74) is -1.24. The summed E-state index contributed by atoms with van der Waals surface area (Å²) in [5, 5.41) is 10.9. The summed E-state index contributed by atoms with van der Waals surface area (Å²) in [6.45, 7) is 5.01. The number of hydrogen-bond donors (Lipinski definition) is 0. The van der Waals surface area contributed by atoms with Crippen LogP contribution in [-0.4, -0.2) is 11.8 Å². The van der Waals surface area contributed by atoms with Gasteiger partial charge in [-0.15, -0.1) is 0 Å². The Morgan fingerprint density at radius 1 is 1.31 bits per heavy atom. The van der Waals surface area contributed by atoms with Gasteiger partial charge >= 0.3 is 0 Å². The van der Waals surface area contributed by atoms with E-state index >= 15 is 0 Å². The number of carbonyl (C=O) groups excluding carboxylic acids is 2. The first kappa shape index (κ1) is 12.1. The predicted octanol–water partition coefficient (Wildman–Crippen LogP) is 0.912. The minimum absolute atomic E-state index is 0.288. The van der Waals surface area contributed by atoms with Gasteiger partial charge in [-0.25, -0.2) is 0 Å². The van der Waals surface area contributed by atoms with E-state index in [0.29, 0.717) is 12.8 Å². The molecule has 0 heterocycles. The Morgan fingerprint density at radius 2 is 1.85 bits per heavy atom. The molecule has 3 nitrogen and oxygen atoms in total. The molecule has 0 N–H and O–H groups in total. The summed E-state index contributed by atoms with van der Waals surface area (Å²) >= 11 is 0. The number of rotatable bonds is 6. The van der Waals surface area contributed by atoms with Crippen molar-refractivity contribution in [2.24, 2.45) is 5.41 Å². The smallest absolute Gasteiger partial charge is 0.141 e. The zero-order valence-corrected chi connectivity index (χ0v) is 8.55. The van der Waals surface area contributed by atoms with E-state index in [-0.39, 0.29) is 5.78 Å². The predicted molar refractivity (Wildman–Crippen MR) is 47.9 cm³/mol. The van der Waals surface area contributed by atoms with Crippen molar-refractivity contribution in [3.63, 3.8) is 0 Å². The SMILES string of the molecule is CCCCC(CC)(C(C)=O)C(=O)[O-]. The number of carboxylic acids is 1. The van der Waals surface area contributed by atoms with Gasteiger partial charge in [-0.05, 0) is 19.8 Å². The average Bonchev–Trinajstić information content (AvgIpc) is 2.05. The van der Waals surface area contributed by atoms with Gasteiger partial charge in [-0.1, -0.05) is 26.7 Å². The van der Waals surface area contributed by atoms with Crippen molar-refractivity contribution in [1.82, 2.24) is 0 Å². The van der Waals surface area contributed by atoms with Crippen molar-refractivity contribution >= 4 is 11.8 Å². The molecule has 1 atom stereocenters. The van der Waals surface area contributed by atoms with E-state index in [9.17, 15) is 14.7 Å². The maximum absolute atomic E-state index is 11.2. The molecule has 0 bridgehead atoms. The van der Waals surface area contributed by atoms with Gasteiger partial charge in [0.2, 0.25) is 0 Å². The third-order valence-electron chi connectivity index (χ3n) is 2.63. The van der Waals surface area contributed by atoms with Crippen LogP contribution in [0.4, 0.5) is 0 Å². The van der Waals surface area contributed by atoms with Gasteiger partial charge in [0.05, 0.1) is 11.4 Å². The van der Waals surface area contributed by atoms with Crippen molar-refractivity contribution in [3.05, 3.63) is 0 Å². The molecule has 0 spiro atoms. The lowest BCUT2D eigenvalue weighted by Gasteiger charge is -2.30. The second kappa shape index (κ2) is 5.00. The maximum atomic E-state index is 11.2. The summed E-state index contributed by atoms with van der Waals surface area (Å²) in [7, 11) is 0. The molecule has 0 rings (SSSR count). The Labute approximate surface area is 79.1 Å². The molecule has 0 aromatic heterocycles. The molecule has 0 amide bonds. The van der Waals surface area contributed by atoms with Gasteiger partial charge < -0.3 is 9.90 Å². The number of Topliss-reactive ketones (excluding diaryl/α,β-unsaturated/α-hetero) is 1. The highest BCUT2D eigenvalue weighted by molar-refractivity contribution is 6.00. The number of carboxylic acid groups (broad SMARTS) is 1. The summed E-state index contributed by atoms with van der Waals surface area (Å²) in [4.78, 5) is 22.1. The minimum Gasteiger partial charge on any atom is -0.549 e. The van der Waals surface area contributed by atoms with E-state index in [2.05, 4.69) is 0 Å². The van der Waals surface area contributed by atoms with Gasteiger partial charge in [-0.3, -0.25) is 4.79 Å². The Hall–Kier alpha value is -0.860. The van der Waals surface area contributed by atoms with Gasteiger partial charge in [0, 0.05) is 0 Å². The zero-order valence-electron chi connectivity index (χ0n) is 8.55. The van der Waals surface area contributed by atoms with Crippen LogP contribution in [-0.2, 0) is 9.59 Å². The Bertz CT molecular complexity index is 182. The Kier molecular flexibility index (Phi) is 4.67. The van der Waals surface area contributed by atoms with Gasteiger partial charge in [0.25, 0.3) is 0 Å². The van der Waals surface area contributed by atoms with E-state index in [4.69, 9.17) is 0 Å².